The molecule has 0 bridgehead atoms. The molecule has 0 saturated carbocycles. The summed E-state index contributed by atoms with van der Waals surface area (Å²) in [7, 11) is 1.54. The summed E-state index contributed by atoms with van der Waals surface area (Å²) in [5, 5.41) is 9.04. The first-order valence-corrected chi connectivity index (χ1v) is 12.2. The minimum absolute atomic E-state index is 0.107. The van der Waals surface area contributed by atoms with Crippen molar-refractivity contribution in [3.63, 3.8) is 0 Å². The molecule has 0 unspecified atom stereocenters. The number of anilines is 5. The number of pyridine rings is 1. The molecule has 0 saturated heterocycles. The first kappa shape index (κ1) is 27.1. The minimum Gasteiger partial charge on any atom is -0.481 e. The van der Waals surface area contributed by atoms with Gasteiger partial charge in [0, 0.05) is 41.5 Å². The van der Waals surface area contributed by atoms with Gasteiger partial charge >= 0.3 is 6.18 Å². The number of hydrogen-bond acceptors (Lipinski definition) is 8. The van der Waals surface area contributed by atoms with Crippen LogP contribution in [0.1, 0.15) is 21.5 Å². The Balaban J connectivity index is 1.33. The Hall–Kier alpha value is -5.46. The standard InChI is InChI=1S/C28H23F3N8O2/c1-17-6-7-20(37-26(40)18-4-3-5-19(12-18)28(29,30)31)13-22(17)38-27-32-10-11-39(27)24-14-23(34-16-35-24)36-21-8-9-25(41-2)33-15-21/h3-16H,1-2H3,(H,32,38)(H,37,40)(H,34,35,36). The average molecular weight is 561 g/mol. The van der Waals surface area contributed by atoms with Crippen LogP contribution < -0.4 is 20.7 Å². The third-order valence-electron chi connectivity index (χ3n) is 5.95. The van der Waals surface area contributed by atoms with Crippen molar-refractivity contribution in [3.05, 3.63) is 102 Å². The van der Waals surface area contributed by atoms with Gasteiger partial charge in [-0.15, -0.1) is 0 Å². The van der Waals surface area contributed by atoms with Gasteiger partial charge in [0.25, 0.3) is 5.91 Å². The number of halogens is 3. The maximum Gasteiger partial charge on any atom is 0.416 e. The second-order valence-electron chi connectivity index (χ2n) is 8.78. The fourth-order valence-electron chi connectivity index (χ4n) is 3.85. The summed E-state index contributed by atoms with van der Waals surface area (Å²) in [6.45, 7) is 1.86. The summed E-state index contributed by atoms with van der Waals surface area (Å²) in [5.74, 6) is 1.31. The molecule has 13 heteroatoms. The van der Waals surface area contributed by atoms with Crippen molar-refractivity contribution in [2.75, 3.05) is 23.1 Å². The molecule has 41 heavy (non-hydrogen) atoms. The van der Waals surface area contributed by atoms with Crippen LogP contribution >= 0.6 is 0 Å². The van der Waals surface area contributed by atoms with Gasteiger partial charge in [0.1, 0.15) is 18.0 Å². The van der Waals surface area contributed by atoms with Crippen LogP contribution in [0.15, 0.2) is 85.6 Å². The van der Waals surface area contributed by atoms with Gasteiger partial charge in [0.05, 0.1) is 24.6 Å². The highest BCUT2D eigenvalue weighted by Crippen LogP contribution is 2.30. The van der Waals surface area contributed by atoms with E-state index in [-0.39, 0.29) is 5.56 Å². The molecule has 0 aliphatic heterocycles. The zero-order chi connectivity index (χ0) is 29.0. The number of methoxy groups -OCH3 is 1. The van der Waals surface area contributed by atoms with Gasteiger partial charge in [0.2, 0.25) is 11.8 Å². The maximum atomic E-state index is 13.1. The van der Waals surface area contributed by atoms with Crippen LogP contribution in [0.2, 0.25) is 0 Å². The number of nitrogens with one attached hydrogen (secondary N) is 3. The Labute approximate surface area is 232 Å². The van der Waals surface area contributed by atoms with E-state index in [1.165, 1.54) is 25.6 Å². The molecular formula is C28H23F3N8O2. The predicted molar refractivity (Wildman–Crippen MR) is 147 cm³/mol. The van der Waals surface area contributed by atoms with E-state index in [2.05, 4.69) is 35.9 Å². The number of ether oxygens (including phenoxy) is 1. The van der Waals surface area contributed by atoms with E-state index in [1.807, 2.05) is 6.92 Å². The lowest BCUT2D eigenvalue weighted by Crippen LogP contribution is -2.14. The molecule has 3 N–H and O–H groups in total. The summed E-state index contributed by atoms with van der Waals surface area (Å²) in [5.41, 5.74) is 1.56. The summed E-state index contributed by atoms with van der Waals surface area (Å²) >= 11 is 0. The van der Waals surface area contributed by atoms with E-state index in [0.717, 1.165) is 17.7 Å². The van der Waals surface area contributed by atoms with Crippen molar-refractivity contribution < 1.29 is 22.7 Å². The molecule has 0 fully saturated rings. The van der Waals surface area contributed by atoms with Gasteiger partial charge in [-0.2, -0.15) is 13.2 Å². The van der Waals surface area contributed by atoms with Crippen LogP contribution in [-0.2, 0) is 6.18 Å². The van der Waals surface area contributed by atoms with Crippen molar-refractivity contribution in [2.45, 2.75) is 13.1 Å². The molecule has 0 spiro atoms. The molecule has 3 aromatic heterocycles. The van der Waals surface area contributed by atoms with Crippen molar-refractivity contribution >= 4 is 34.7 Å². The molecule has 3 heterocycles. The normalized spacial score (nSPS) is 11.1. The molecule has 1 amide bonds. The number of benzene rings is 2. The molecule has 5 aromatic rings. The molecule has 0 aliphatic carbocycles. The first-order chi connectivity index (χ1) is 19.7. The second-order valence-corrected chi connectivity index (χ2v) is 8.78. The van der Waals surface area contributed by atoms with E-state index in [1.54, 1.807) is 59.6 Å². The fourth-order valence-corrected chi connectivity index (χ4v) is 3.85. The summed E-state index contributed by atoms with van der Waals surface area (Å²) in [6.07, 6.45) is 1.80. The number of nitrogens with zero attached hydrogens (tertiary/aromatic N) is 5. The highest BCUT2D eigenvalue weighted by Gasteiger charge is 2.30. The van der Waals surface area contributed by atoms with Gasteiger partial charge in [-0.25, -0.2) is 19.9 Å². The SMILES string of the molecule is COc1ccc(Nc2cc(-n3ccnc3Nc3cc(NC(=O)c4cccc(C(F)(F)F)c4)ccc3C)ncn2)cn1. The molecule has 2 aromatic carbocycles. The van der Waals surface area contributed by atoms with Crippen LogP contribution in [0.25, 0.3) is 5.82 Å². The van der Waals surface area contributed by atoms with E-state index in [4.69, 9.17) is 4.74 Å². The van der Waals surface area contributed by atoms with Crippen molar-refractivity contribution in [3.8, 4) is 11.7 Å². The largest absolute Gasteiger partial charge is 0.481 e. The first-order valence-electron chi connectivity index (χ1n) is 12.2. The van der Waals surface area contributed by atoms with Crippen LogP contribution in [0.3, 0.4) is 0 Å². The number of hydrogen-bond donors (Lipinski definition) is 3. The van der Waals surface area contributed by atoms with Gasteiger partial charge in [-0.3, -0.25) is 9.36 Å². The molecule has 5 rings (SSSR count). The zero-order valence-electron chi connectivity index (χ0n) is 21.8. The topological polar surface area (TPSA) is 119 Å². The molecule has 0 radical (unpaired) electrons. The van der Waals surface area contributed by atoms with Gasteiger partial charge in [-0.05, 0) is 48.9 Å². The smallest absolute Gasteiger partial charge is 0.416 e. The molecule has 0 aliphatic rings. The molecule has 208 valence electrons. The number of carbonyl (C=O) groups is 1. The Kier molecular flexibility index (Phi) is 7.50. The van der Waals surface area contributed by atoms with E-state index < -0.39 is 17.6 Å². The number of aromatic nitrogens is 5. The highest BCUT2D eigenvalue weighted by atomic mass is 19.4. The maximum absolute atomic E-state index is 13.1. The van der Waals surface area contributed by atoms with Crippen molar-refractivity contribution in [2.24, 2.45) is 0 Å². The number of rotatable bonds is 8. The van der Waals surface area contributed by atoms with Gasteiger partial charge in [-0.1, -0.05) is 12.1 Å². The quantitative estimate of drug-likeness (QED) is 0.207. The molecule has 0 atom stereocenters. The lowest BCUT2D eigenvalue weighted by Gasteiger charge is -2.14. The van der Waals surface area contributed by atoms with Crippen molar-refractivity contribution in [1.82, 2.24) is 24.5 Å². The third kappa shape index (κ3) is 6.41. The Morgan fingerprint density at radius 3 is 2.51 bits per heavy atom. The summed E-state index contributed by atoms with van der Waals surface area (Å²) < 4.78 is 46.0. The third-order valence-corrected chi connectivity index (χ3v) is 5.95. The zero-order valence-corrected chi connectivity index (χ0v) is 21.8. The van der Waals surface area contributed by atoms with Crippen LogP contribution in [-0.4, -0.2) is 37.5 Å². The van der Waals surface area contributed by atoms with Gasteiger partial charge < -0.3 is 20.7 Å². The van der Waals surface area contributed by atoms with E-state index in [9.17, 15) is 18.0 Å². The summed E-state index contributed by atoms with van der Waals surface area (Å²) in [4.78, 5) is 29.9. The van der Waals surface area contributed by atoms with Crippen LogP contribution in [0, 0.1) is 6.92 Å². The minimum atomic E-state index is -4.55. The van der Waals surface area contributed by atoms with E-state index >= 15 is 0 Å². The molecule has 10 nitrogen and oxygen atoms in total. The number of amides is 1. The van der Waals surface area contributed by atoms with Crippen LogP contribution in [0.5, 0.6) is 5.88 Å². The number of imidazole rings is 1. The number of carbonyl (C=O) groups excluding carboxylic acids is 1. The Morgan fingerprint density at radius 2 is 1.76 bits per heavy atom. The molecular weight excluding hydrogens is 537 g/mol. The Morgan fingerprint density at radius 1 is 0.927 bits per heavy atom. The predicted octanol–water partition coefficient (Wildman–Crippen LogP) is 6.13. The lowest BCUT2D eigenvalue weighted by molar-refractivity contribution is -0.137. The average Bonchev–Trinajstić information content (AvgIpc) is 3.43. The monoisotopic (exact) mass is 560 g/mol. The van der Waals surface area contributed by atoms with E-state index in [0.29, 0.717) is 40.5 Å². The lowest BCUT2D eigenvalue weighted by atomic mass is 10.1. The number of alkyl halides is 3. The fraction of sp³-hybridized carbons (Fsp3) is 0.107. The number of aryl methyl sites for hydroxylation is 1. The van der Waals surface area contributed by atoms with Crippen molar-refractivity contribution in [1.29, 1.82) is 0 Å². The van der Waals surface area contributed by atoms with Gasteiger partial charge in [0.15, 0.2) is 0 Å². The van der Waals surface area contributed by atoms with Crippen LogP contribution in [0.4, 0.5) is 42.0 Å². The Bertz CT molecular complexity index is 1690. The summed E-state index contributed by atoms with van der Waals surface area (Å²) in [6, 6.07) is 14.6. The highest BCUT2D eigenvalue weighted by molar-refractivity contribution is 6.04. The second kappa shape index (κ2) is 11.3.